The molecular formula is C14H24N2. The lowest BCUT2D eigenvalue weighted by Gasteiger charge is -2.31. The Kier molecular flexibility index (Phi) is 3.92. The molecule has 1 aliphatic carbocycles. The van der Waals surface area contributed by atoms with E-state index in [-0.39, 0.29) is 0 Å². The summed E-state index contributed by atoms with van der Waals surface area (Å²) in [6.45, 7) is 4.67. The van der Waals surface area contributed by atoms with E-state index in [2.05, 4.69) is 48.5 Å². The van der Waals surface area contributed by atoms with Crippen LogP contribution in [0, 0.1) is 11.8 Å². The summed E-state index contributed by atoms with van der Waals surface area (Å²) in [5, 5.41) is 0. The first kappa shape index (κ1) is 11.6. The molecule has 0 aromatic carbocycles. The number of hydrogen-bond acceptors (Lipinski definition) is 1. The first-order chi connectivity index (χ1) is 7.74. The van der Waals surface area contributed by atoms with Crippen LogP contribution in [0.5, 0.6) is 0 Å². The third kappa shape index (κ3) is 3.29. The van der Waals surface area contributed by atoms with Gasteiger partial charge in [0, 0.05) is 18.4 Å². The van der Waals surface area contributed by atoms with Gasteiger partial charge >= 0.3 is 0 Å². The Balaban J connectivity index is 1.82. The summed E-state index contributed by atoms with van der Waals surface area (Å²) in [5.74, 6) is 1.78. The minimum absolute atomic E-state index is 0.671. The zero-order valence-corrected chi connectivity index (χ0v) is 10.5. The molecule has 16 heavy (non-hydrogen) atoms. The smallest absolute Gasteiger partial charge is 0.0427 e. The normalized spacial score (nSPS) is 25.9. The molecule has 2 unspecified atom stereocenters. The molecule has 0 radical (unpaired) electrons. The van der Waals surface area contributed by atoms with Crippen LogP contribution in [0.2, 0.25) is 0 Å². The molecule has 0 aliphatic heterocycles. The van der Waals surface area contributed by atoms with Gasteiger partial charge in [0.1, 0.15) is 0 Å². The van der Waals surface area contributed by atoms with Crippen molar-refractivity contribution >= 4 is 0 Å². The molecule has 2 nitrogen and oxygen atoms in total. The molecule has 0 amide bonds. The summed E-state index contributed by atoms with van der Waals surface area (Å²) in [4.78, 5) is 0. The van der Waals surface area contributed by atoms with Crippen LogP contribution >= 0.6 is 0 Å². The number of hydrogen-bond donors (Lipinski definition) is 1. The van der Waals surface area contributed by atoms with Crippen LogP contribution in [0.25, 0.3) is 0 Å². The van der Waals surface area contributed by atoms with Crippen molar-refractivity contribution in [2.45, 2.75) is 52.0 Å². The van der Waals surface area contributed by atoms with Gasteiger partial charge in [-0.2, -0.15) is 0 Å². The quantitative estimate of drug-likeness (QED) is 0.819. The van der Waals surface area contributed by atoms with E-state index in [9.17, 15) is 0 Å². The maximum atomic E-state index is 3.58. The molecule has 1 aromatic heterocycles. The average molecular weight is 220 g/mol. The molecule has 2 heteroatoms. The Morgan fingerprint density at radius 1 is 1.25 bits per heavy atom. The van der Waals surface area contributed by atoms with Crippen molar-refractivity contribution in [3.63, 3.8) is 0 Å². The SMILES string of the molecule is CC(C)CC1CCCC(Nn2cccc2)C1. The molecule has 0 saturated heterocycles. The second-order valence-electron chi connectivity index (χ2n) is 5.58. The van der Waals surface area contributed by atoms with Crippen molar-refractivity contribution in [1.29, 1.82) is 0 Å². The van der Waals surface area contributed by atoms with Crippen molar-refractivity contribution in [2.24, 2.45) is 11.8 Å². The predicted molar refractivity (Wildman–Crippen MR) is 69.0 cm³/mol. The Bertz CT molecular complexity index is 290. The second-order valence-corrected chi connectivity index (χ2v) is 5.58. The van der Waals surface area contributed by atoms with E-state index in [0.29, 0.717) is 6.04 Å². The minimum atomic E-state index is 0.671. The van der Waals surface area contributed by atoms with E-state index in [1.807, 2.05) is 0 Å². The number of nitrogens with zero attached hydrogens (tertiary/aromatic N) is 1. The van der Waals surface area contributed by atoms with Crippen LogP contribution in [0.4, 0.5) is 0 Å². The molecule has 1 aromatic rings. The van der Waals surface area contributed by atoms with Crippen molar-refractivity contribution in [3.05, 3.63) is 24.5 Å². The van der Waals surface area contributed by atoms with Crippen LogP contribution in [0.15, 0.2) is 24.5 Å². The lowest BCUT2D eigenvalue weighted by Crippen LogP contribution is -2.32. The van der Waals surface area contributed by atoms with Gasteiger partial charge in [-0.1, -0.05) is 26.7 Å². The molecule has 1 aliphatic rings. The van der Waals surface area contributed by atoms with Gasteiger partial charge in [-0.25, -0.2) is 0 Å². The topological polar surface area (TPSA) is 17.0 Å². The highest BCUT2D eigenvalue weighted by Crippen LogP contribution is 2.29. The highest BCUT2D eigenvalue weighted by Gasteiger charge is 2.22. The van der Waals surface area contributed by atoms with Crippen LogP contribution < -0.4 is 5.43 Å². The summed E-state index contributed by atoms with van der Waals surface area (Å²) >= 11 is 0. The third-order valence-corrected chi connectivity index (χ3v) is 3.52. The summed E-state index contributed by atoms with van der Waals surface area (Å²) in [6.07, 6.45) is 11.1. The predicted octanol–water partition coefficient (Wildman–Crippen LogP) is 3.64. The third-order valence-electron chi connectivity index (χ3n) is 3.52. The summed E-state index contributed by atoms with van der Waals surface area (Å²) in [5.41, 5.74) is 3.58. The Morgan fingerprint density at radius 2 is 2.00 bits per heavy atom. The zero-order valence-electron chi connectivity index (χ0n) is 10.5. The molecular weight excluding hydrogens is 196 g/mol. The Hall–Kier alpha value is -0.920. The lowest BCUT2D eigenvalue weighted by atomic mass is 9.81. The maximum Gasteiger partial charge on any atom is 0.0427 e. The fraction of sp³-hybridized carbons (Fsp3) is 0.714. The molecule has 2 rings (SSSR count). The summed E-state index contributed by atoms with van der Waals surface area (Å²) in [7, 11) is 0. The maximum absolute atomic E-state index is 3.58. The fourth-order valence-electron chi connectivity index (χ4n) is 2.92. The van der Waals surface area contributed by atoms with Crippen LogP contribution in [0.3, 0.4) is 0 Å². The van der Waals surface area contributed by atoms with Gasteiger partial charge in [0.2, 0.25) is 0 Å². The van der Waals surface area contributed by atoms with Crippen molar-refractivity contribution in [1.82, 2.24) is 4.68 Å². The molecule has 1 N–H and O–H groups in total. The van der Waals surface area contributed by atoms with Crippen LogP contribution in [0.1, 0.15) is 46.0 Å². The zero-order chi connectivity index (χ0) is 11.4. The lowest BCUT2D eigenvalue weighted by molar-refractivity contribution is 0.281. The van der Waals surface area contributed by atoms with E-state index >= 15 is 0 Å². The second kappa shape index (κ2) is 5.42. The van der Waals surface area contributed by atoms with E-state index < -0.39 is 0 Å². The first-order valence-electron chi connectivity index (χ1n) is 6.63. The molecule has 2 atom stereocenters. The average Bonchev–Trinajstić information content (AvgIpc) is 2.70. The van der Waals surface area contributed by atoms with Gasteiger partial charge in [-0.05, 0) is 43.2 Å². The van der Waals surface area contributed by atoms with Crippen LogP contribution in [-0.4, -0.2) is 10.7 Å². The van der Waals surface area contributed by atoms with Gasteiger partial charge < -0.3 is 5.43 Å². The number of nitrogens with one attached hydrogen (secondary N) is 1. The van der Waals surface area contributed by atoms with Gasteiger partial charge in [0.15, 0.2) is 0 Å². The van der Waals surface area contributed by atoms with Gasteiger partial charge in [-0.3, -0.25) is 4.68 Å². The number of aromatic nitrogens is 1. The van der Waals surface area contributed by atoms with E-state index in [4.69, 9.17) is 0 Å². The van der Waals surface area contributed by atoms with Crippen LogP contribution in [-0.2, 0) is 0 Å². The largest absolute Gasteiger partial charge is 0.323 e. The highest BCUT2D eigenvalue weighted by molar-refractivity contribution is 4.96. The van der Waals surface area contributed by atoms with Crippen molar-refractivity contribution < 1.29 is 0 Å². The molecule has 90 valence electrons. The van der Waals surface area contributed by atoms with Gasteiger partial charge in [0.05, 0.1) is 0 Å². The Labute approximate surface area is 99.0 Å². The van der Waals surface area contributed by atoms with Crippen molar-refractivity contribution in [3.8, 4) is 0 Å². The van der Waals surface area contributed by atoms with E-state index in [0.717, 1.165) is 11.8 Å². The summed E-state index contributed by atoms with van der Waals surface area (Å²) in [6, 6.07) is 4.81. The monoisotopic (exact) mass is 220 g/mol. The fourth-order valence-corrected chi connectivity index (χ4v) is 2.92. The molecule has 1 fully saturated rings. The molecule has 0 bridgehead atoms. The van der Waals surface area contributed by atoms with Gasteiger partial charge in [-0.15, -0.1) is 0 Å². The van der Waals surface area contributed by atoms with E-state index in [1.165, 1.54) is 32.1 Å². The van der Waals surface area contributed by atoms with Crippen molar-refractivity contribution in [2.75, 3.05) is 5.43 Å². The Morgan fingerprint density at radius 3 is 2.69 bits per heavy atom. The van der Waals surface area contributed by atoms with Gasteiger partial charge in [0.25, 0.3) is 0 Å². The first-order valence-corrected chi connectivity index (χ1v) is 6.63. The highest BCUT2D eigenvalue weighted by atomic mass is 15.4. The molecule has 1 saturated carbocycles. The molecule has 0 spiro atoms. The minimum Gasteiger partial charge on any atom is -0.323 e. The van der Waals surface area contributed by atoms with E-state index in [1.54, 1.807) is 0 Å². The standard InChI is InChI=1S/C14H24N2/c1-12(2)10-13-6-5-7-14(11-13)15-16-8-3-4-9-16/h3-4,8-9,12-15H,5-7,10-11H2,1-2H3. The molecule has 1 heterocycles. The summed E-state index contributed by atoms with van der Waals surface area (Å²) < 4.78 is 2.10. The number of rotatable bonds is 4.